The topological polar surface area (TPSA) is 400 Å². The molecule has 2 saturated heterocycles. The lowest BCUT2D eigenvalue weighted by Gasteiger charge is -2.46. The molecular weight excluding hydrogens is 888 g/mol. The molecule has 372 valence electrons. The van der Waals surface area contributed by atoms with Crippen molar-refractivity contribution in [3.8, 4) is 0 Å². The van der Waals surface area contributed by atoms with Gasteiger partial charge in [-0.3, -0.25) is 0 Å². The molecule has 27 heteroatoms. The van der Waals surface area contributed by atoms with E-state index in [9.17, 15) is 79.2 Å². The fraction of sp³-hybridized carbons (Fsp3) is 0.789. The van der Waals surface area contributed by atoms with Crippen molar-refractivity contribution in [3.63, 3.8) is 0 Å². The maximum Gasteiger partial charge on any atom is 0.335 e. The molecule has 2 aliphatic heterocycles. The summed E-state index contributed by atoms with van der Waals surface area (Å²) in [7, 11) is 0. The number of carbonyl (C=O) groups is 8. The molecule has 0 aromatic rings. The molecule has 8 N–H and O–H groups in total. The molecule has 18 unspecified atom stereocenters. The lowest BCUT2D eigenvalue weighted by molar-refractivity contribution is -0.275. The number of rotatable bonds is 22. The summed E-state index contributed by atoms with van der Waals surface area (Å²) in [5, 5.41) is 79.6. The third-order valence-corrected chi connectivity index (χ3v) is 9.05. The van der Waals surface area contributed by atoms with E-state index in [1.807, 2.05) is 0 Å². The van der Waals surface area contributed by atoms with Crippen LogP contribution in [-0.2, 0) is 90.5 Å². The van der Waals surface area contributed by atoms with E-state index >= 15 is 0 Å². The van der Waals surface area contributed by atoms with Crippen LogP contribution in [-0.4, -0.2) is 225 Å². The average molecular weight is 947 g/mol. The van der Waals surface area contributed by atoms with Gasteiger partial charge in [0, 0.05) is 0 Å². The molecule has 0 radical (unpaired) electrons. The maximum absolute atomic E-state index is 12.9. The molecule has 0 saturated carbocycles. The van der Waals surface area contributed by atoms with Crippen LogP contribution in [0.3, 0.4) is 0 Å². The Kier molecular flexibility index (Phi) is 22.5. The summed E-state index contributed by atoms with van der Waals surface area (Å²) in [6.45, 7) is 4.43. The van der Waals surface area contributed by atoms with E-state index in [4.69, 9.17) is 52.1 Å². The van der Waals surface area contributed by atoms with Crippen LogP contribution in [0.1, 0.15) is 55.4 Å². The van der Waals surface area contributed by atoms with Gasteiger partial charge >= 0.3 is 47.8 Å². The highest BCUT2D eigenvalue weighted by Crippen LogP contribution is 2.33. The van der Waals surface area contributed by atoms with Gasteiger partial charge in [-0.25, -0.2) is 38.4 Å². The summed E-state index contributed by atoms with van der Waals surface area (Å²) in [5.41, 5.74) is 0. The number of aliphatic hydroxyl groups is 8. The third kappa shape index (κ3) is 16.9. The van der Waals surface area contributed by atoms with Gasteiger partial charge in [0.2, 0.25) is 0 Å². The van der Waals surface area contributed by atoms with E-state index in [1.54, 1.807) is 0 Å². The number of esters is 8. The van der Waals surface area contributed by atoms with Crippen molar-refractivity contribution in [2.24, 2.45) is 0 Å². The number of hydrogen-bond donors (Lipinski definition) is 8. The zero-order chi connectivity index (χ0) is 49.6. The second kappa shape index (κ2) is 25.9. The van der Waals surface area contributed by atoms with Gasteiger partial charge in [-0.05, 0) is 55.4 Å². The number of carbonyl (C=O) groups excluding carboxylic acids is 8. The summed E-state index contributed by atoms with van der Waals surface area (Å²) in [4.78, 5) is 102. The Balaban J connectivity index is 2.77. The first-order valence-electron chi connectivity index (χ1n) is 20.1. The second-order valence-electron chi connectivity index (χ2n) is 15.0. The Morgan fingerprint density at radius 3 is 0.708 bits per heavy atom. The van der Waals surface area contributed by atoms with Gasteiger partial charge in [0.25, 0.3) is 0 Å². The average Bonchev–Trinajstić information content (AvgIpc) is 3.21. The zero-order valence-corrected chi connectivity index (χ0v) is 36.6. The van der Waals surface area contributed by atoms with Crippen molar-refractivity contribution >= 4 is 47.8 Å². The van der Waals surface area contributed by atoms with E-state index in [1.165, 1.54) is 0 Å². The molecule has 0 aromatic heterocycles. The van der Waals surface area contributed by atoms with E-state index in [0.717, 1.165) is 55.4 Å². The monoisotopic (exact) mass is 946 g/mol. The Morgan fingerprint density at radius 1 is 0.323 bits per heavy atom. The summed E-state index contributed by atoms with van der Waals surface area (Å²) < 4.78 is 60.4. The third-order valence-electron chi connectivity index (χ3n) is 9.05. The molecule has 18 atom stereocenters. The van der Waals surface area contributed by atoms with E-state index in [2.05, 4.69) is 0 Å². The Hall–Kier alpha value is -4.68. The zero-order valence-electron chi connectivity index (χ0n) is 36.6. The van der Waals surface area contributed by atoms with E-state index in [-0.39, 0.29) is 0 Å². The summed E-state index contributed by atoms with van der Waals surface area (Å²) >= 11 is 0. The number of aliphatic hydroxyl groups excluding tert-OH is 8. The molecule has 0 spiro atoms. The Morgan fingerprint density at radius 2 is 0.508 bits per heavy atom. The van der Waals surface area contributed by atoms with Gasteiger partial charge in [0.1, 0.15) is 86.5 Å². The van der Waals surface area contributed by atoms with Gasteiger partial charge in [0.05, 0.1) is 13.2 Å². The number of hydrogen-bond acceptors (Lipinski definition) is 27. The first kappa shape index (κ1) is 56.4. The molecule has 0 aliphatic carbocycles. The van der Waals surface area contributed by atoms with Crippen LogP contribution >= 0.6 is 0 Å². The highest BCUT2D eigenvalue weighted by Gasteiger charge is 2.56. The normalized spacial score (nSPS) is 29.1. The standard InChI is InChI=1S/C38H58O27/c1-13(39)31(47)56-11-23-27(62-35(51)17(5)43)29(64-37(53)19(7)45)25(60-33(49)15(3)41)21(58-23)9-55-10-22-26(61-34(50)16(4)42)30(65-38(54)20(8)46)28(63-36(52)18(6)44)24(59-22)12-57-32(48)14(2)40/h13-30,39-46H,9-12H2,1-8H3. The van der Waals surface area contributed by atoms with Crippen LogP contribution in [0, 0.1) is 0 Å². The van der Waals surface area contributed by atoms with Crippen molar-refractivity contribution in [3.05, 3.63) is 0 Å². The Labute approximate surface area is 370 Å². The predicted octanol–water partition coefficient (Wildman–Crippen LogP) is -5.86. The molecule has 0 aromatic carbocycles. The SMILES string of the molecule is CC(O)C(=O)OCC1OC(COCC2OC(COC(=O)C(C)O)C(OC(=O)C(C)O)C(OC(=O)C(C)O)C2OC(=O)C(C)O)C(OC(=O)C(C)O)C(OC(=O)C(C)O)C1OC(=O)C(C)O. The van der Waals surface area contributed by atoms with Crippen LogP contribution in [0.4, 0.5) is 0 Å². The fourth-order valence-electron chi connectivity index (χ4n) is 5.62. The van der Waals surface area contributed by atoms with E-state index in [0.29, 0.717) is 0 Å². The minimum absolute atomic E-state index is 0.865. The van der Waals surface area contributed by atoms with Crippen molar-refractivity contribution in [2.45, 2.75) is 165 Å². The molecule has 2 rings (SSSR count). The van der Waals surface area contributed by atoms with Crippen molar-refractivity contribution in [1.82, 2.24) is 0 Å². The minimum Gasteiger partial charge on any atom is -0.461 e. The van der Waals surface area contributed by atoms with Gasteiger partial charge in [-0.2, -0.15) is 0 Å². The lowest BCUT2D eigenvalue weighted by atomic mass is 9.93. The molecule has 0 bridgehead atoms. The second-order valence-corrected chi connectivity index (χ2v) is 15.0. The maximum atomic E-state index is 12.9. The molecule has 0 amide bonds. The van der Waals surface area contributed by atoms with Crippen molar-refractivity contribution < 1.29 is 131 Å². The van der Waals surface area contributed by atoms with Crippen molar-refractivity contribution in [1.29, 1.82) is 0 Å². The predicted molar refractivity (Wildman–Crippen MR) is 203 cm³/mol. The molecular formula is C38H58O27. The van der Waals surface area contributed by atoms with Crippen LogP contribution < -0.4 is 0 Å². The summed E-state index contributed by atoms with van der Waals surface area (Å²) in [6, 6.07) is 0. The molecule has 27 nitrogen and oxygen atoms in total. The molecule has 2 fully saturated rings. The van der Waals surface area contributed by atoms with Crippen LogP contribution in [0.2, 0.25) is 0 Å². The fourth-order valence-corrected chi connectivity index (χ4v) is 5.62. The Bertz CT molecular complexity index is 1510. The minimum atomic E-state index is -2.03. The lowest BCUT2D eigenvalue weighted by Crippen LogP contribution is -2.65. The molecule has 2 aliphatic rings. The van der Waals surface area contributed by atoms with Gasteiger partial charge in [0.15, 0.2) is 36.6 Å². The molecule has 2 heterocycles. The summed E-state index contributed by atoms with van der Waals surface area (Å²) in [6.07, 6.45) is -33.5. The van der Waals surface area contributed by atoms with Crippen LogP contribution in [0.25, 0.3) is 0 Å². The summed E-state index contributed by atoms with van der Waals surface area (Å²) in [5.74, 6) is -10.8. The smallest absolute Gasteiger partial charge is 0.335 e. The van der Waals surface area contributed by atoms with Crippen LogP contribution in [0.15, 0.2) is 0 Å². The largest absolute Gasteiger partial charge is 0.461 e. The van der Waals surface area contributed by atoms with Crippen LogP contribution in [0.5, 0.6) is 0 Å². The highest BCUT2D eigenvalue weighted by atomic mass is 16.7. The van der Waals surface area contributed by atoms with E-state index < -0.39 is 184 Å². The van der Waals surface area contributed by atoms with Gasteiger partial charge in [-0.15, -0.1) is 0 Å². The van der Waals surface area contributed by atoms with Crippen molar-refractivity contribution in [2.75, 3.05) is 26.4 Å². The van der Waals surface area contributed by atoms with Gasteiger partial charge < -0.3 is 93.0 Å². The highest BCUT2D eigenvalue weighted by molar-refractivity contribution is 5.78. The molecule has 65 heavy (non-hydrogen) atoms. The van der Waals surface area contributed by atoms with Gasteiger partial charge in [-0.1, -0.05) is 0 Å². The number of ether oxygens (including phenoxy) is 11. The first-order valence-corrected chi connectivity index (χ1v) is 20.1. The quantitative estimate of drug-likeness (QED) is 0.0370. The first-order chi connectivity index (χ1) is 30.2.